The van der Waals surface area contributed by atoms with Crippen molar-refractivity contribution >= 4 is 21.8 Å². The second-order valence-corrected chi connectivity index (χ2v) is 7.54. The van der Waals surface area contributed by atoms with Crippen LogP contribution in [0.5, 0.6) is 11.5 Å². The van der Waals surface area contributed by atoms with Crippen LogP contribution in [-0.2, 0) is 10.2 Å². The summed E-state index contributed by atoms with van der Waals surface area (Å²) in [6, 6.07) is 13.7. The molecule has 5 nitrogen and oxygen atoms in total. The molecule has 0 bridgehead atoms. The van der Waals surface area contributed by atoms with E-state index in [4.69, 9.17) is 14.2 Å². The maximum Gasteiger partial charge on any atom is 0.255 e. The van der Waals surface area contributed by atoms with E-state index in [1.54, 1.807) is 18.2 Å². The number of nitrogens with one attached hydrogen (secondary N) is 1. The maximum absolute atomic E-state index is 12.8. The van der Waals surface area contributed by atoms with Crippen LogP contribution in [0.2, 0.25) is 0 Å². The van der Waals surface area contributed by atoms with Gasteiger partial charge in [0, 0.05) is 29.6 Å². The zero-order chi connectivity index (χ0) is 18.0. The first-order chi connectivity index (χ1) is 12.7. The predicted octanol–water partition coefficient (Wildman–Crippen LogP) is 3.66. The third kappa shape index (κ3) is 3.31. The number of hydrogen-bond acceptors (Lipinski definition) is 4. The van der Waals surface area contributed by atoms with Crippen LogP contribution in [0.15, 0.2) is 46.9 Å². The van der Waals surface area contributed by atoms with E-state index in [0.717, 1.165) is 17.3 Å². The highest BCUT2D eigenvalue weighted by molar-refractivity contribution is 9.10. The highest BCUT2D eigenvalue weighted by Crippen LogP contribution is 2.37. The summed E-state index contributed by atoms with van der Waals surface area (Å²) in [6.07, 6.45) is 1.74. The normalized spacial score (nSPS) is 17.7. The Labute approximate surface area is 160 Å². The van der Waals surface area contributed by atoms with E-state index < -0.39 is 0 Å². The van der Waals surface area contributed by atoms with Crippen LogP contribution in [-0.4, -0.2) is 32.5 Å². The number of benzene rings is 2. The summed E-state index contributed by atoms with van der Waals surface area (Å²) >= 11 is 3.55. The lowest BCUT2D eigenvalue weighted by Gasteiger charge is -2.38. The molecular weight excluding hydrogens is 398 g/mol. The molecule has 0 atom stereocenters. The molecule has 2 aliphatic heterocycles. The standard InChI is InChI=1S/C20H20BrNO4/c21-15-4-1-3-14(11-15)20(7-9-24-10-8-20)12-22-19(23)16-5-2-6-17-18(16)26-13-25-17/h1-6,11H,7-10,12-13H2,(H,22,23). The molecule has 0 unspecified atom stereocenters. The Bertz CT molecular complexity index is 817. The van der Waals surface area contributed by atoms with Crippen LogP contribution in [0.1, 0.15) is 28.8 Å². The number of rotatable bonds is 4. The monoisotopic (exact) mass is 417 g/mol. The molecule has 26 heavy (non-hydrogen) atoms. The van der Waals surface area contributed by atoms with Gasteiger partial charge >= 0.3 is 0 Å². The van der Waals surface area contributed by atoms with Crippen LogP contribution in [0, 0.1) is 0 Å². The molecule has 2 aromatic carbocycles. The molecular formula is C20H20BrNO4. The van der Waals surface area contributed by atoms with Gasteiger partial charge in [-0.1, -0.05) is 34.1 Å². The molecule has 136 valence electrons. The van der Waals surface area contributed by atoms with Crippen molar-refractivity contribution in [2.24, 2.45) is 0 Å². The van der Waals surface area contributed by atoms with Gasteiger partial charge in [-0.2, -0.15) is 0 Å². The van der Waals surface area contributed by atoms with E-state index in [9.17, 15) is 4.79 Å². The van der Waals surface area contributed by atoms with Gasteiger partial charge in [-0.25, -0.2) is 0 Å². The van der Waals surface area contributed by atoms with Crippen molar-refractivity contribution in [2.75, 3.05) is 26.6 Å². The summed E-state index contributed by atoms with van der Waals surface area (Å²) in [5.41, 5.74) is 1.59. The van der Waals surface area contributed by atoms with Crippen molar-refractivity contribution in [2.45, 2.75) is 18.3 Å². The molecule has 1 saturated heterocycles. The van der Waals surface area contributed by atoms with E-state index in [1.807, 2.05) is 12.1 Å². The van der Waals surface area contributed by atoms with E-state index in [2.05, 4.69) is 33.4 Å². The lowest BCUT2D eigenvalue weighted by atomic mass is 9.74. The number of carbonyl (C=O) groups excluding carboxylic acids is 1. The molecule has 2 aliphatic rings. The quantitative estimate of drug-likeness (QED) is 0.824. The fourth-order valence-electron chi connectivity index (χ4n) is 3.60. The predicted molar refractivity (Wildman–Crippen MR) is 101 cm³/mol. The van der Waals surface area contributed by atoms with Gasteiger partial charge < -0.3 is 19.5 Å². The van der Waals surface area contributed by atoms with Crippen molar-refractivity contribution in [1.82, 2.24) is 5.32 Å². The lowest BCUT2D eigenvalue weighted by molar-refractivity contribution is 0.0486. The summed E-state index contributed by atoms with van der Waals surface area (Å²) < 4.78 is 17.4. The Kier molecular flexibility index (Phi) is 4.87. The third-order valence-electron chi connectivity index (χ3n) is 5.12. The SMILES string of the molecule is O=C(NCC1(c2cccc(Br)c2)CCOCC1)c1cccc2c1OCO2. The van der Waals surface area contributed by atoms with Crippen molar-refractivity contribution in [3.8, 4) is 11.5 Å². The molecule has 6 heteroatoms. The molecule has 2 aromatic rings. The van der Waals surface area contributed by atoms with E-state index >= 15 is 0 Å². The van der Waals surface area contributed by atoms with Crippen molar-refractivity contribution in [1.29, 1.82) is 0 Å². The number of para-hydroxylation sites is 1. The van der Waals surface area contributed by atoms with Crippen molar-refractivity contribution < 1.29 is 19.0 Å². The van der Waals surface area contributed by atoms with Gasteiger partial charge in [0.05, 0.1) is 5.56 Å². The topological polar surface area (TPSA) is 56.8 Å². The van der Waals surface area contributed by atoms with Gasteiger partial charge in [0.1, 0.15) is 0 Å². The highest BCUT2D eigenvalue weighted by Gasteiger charge is 2.35. The number of fused-ring (bicyclic) bond motifs is 1. The van der Waals surface area contributed by atoms with Gasteiger partial charge in [-0.3, -0.25) is 4.79 Å². The van der Waals surface area contributed by atoms with Gasteiger partial charge in [0.15, 0.2) is 11.5 Å². The average molecular weight is 418 g/mol. The fraction of sp³-hybridized carbons (Fsp3) is 0.350. The van der Waals surface area contributed by atoms with Crippen LogP contribution >= 0.6 is 15.9 Å². The minimum Gasteiger partial charge on any atom is -0.454 e. The summed E-state index contributed by atoms with van der Waals surface area (Å²) in [5, 5.41) is 3.11. The second kappa shape index (κ2) is 7.29. The van der Waals surface area contributed by atoms with E-state index in [1.165, 1.54) is 5.56 Å². The maximum atomic E-state index is 12.8. The minimum absolute atomic E-state index is 0.132. The number of amides is 1. The van der Waals surface area contributed by atoms with Gasteiger partial charge in [0.25, 0.3) is 5.91 Å². The first kappa shape index (κ1) is 17.4. The third-order valence-corrected chi connectivity index (χ3v) is 5.61. The largest absolute Gasteiger partial charge is 0.454 e. The molecule has 0 saturated carbocycles. The highest BCUT2D eigenvalue weighted by atomic mass is 79.9. The second-order valence-electron chi connectivity index (χ2n) is 6.63. The molecule has 1 fully saturated rings. The van der Waals surface area contributed by atoms with Crippen molar-refractivity contribution in [3.63, 3.8) is 0 Å². The molecule has 1 N–H and O–H groups in total. The molecule has 4 rings (SSSR count). The van der Waals surface area contributed by atoms with E-state index in [-0.39, 0.29) is 18.1 Å². The average Bonchev–Trinajstić information content (AvgIpc) is 3.16. The minimum atomic E-state index is -0.145. The molecule has 1 amide bonds. The van der Waals surface area contributed by atoms with Crippen LogP contribution in [0.4, 0.5) is 0 Å². The molecule has 2 heterocycles. The van der Waals surface area contributed by atoms with Crippen molar-refractivity contribution in [3.05, 3.63) is 58.1 Å². The zero-order valence-corrected chi connectivity index (χ0v) is 15.9. The van der Waals surface area contributed by atoms with Gasteiger partial charge in [0.2, 0.25) is 6.79 Å². The number of halogens is 1. The molecule has 0 aromatic heterocycles. The lowest BCUT2D eigenvalue weighted by Crippen LogP contribution is -2.44. The molecule has 0 radical (unpaired) electrons. The summed E-state index contributed by atoms with van der Waals surface area (Å²) in [7, 11) is 0. The smallest absolute Gasteiger partial charge is 0.255 e. The zero-order valence-electron chi connectivity index (χ0n) is 14.3. The summed E-state index contributed by atoms with van der Waals surface area (Å²) in [4.78, 5) is 12.8. The van der Waals surface area contributed by atoms with Crippen LogP contribution in [0.3, 0.4) is 0 Å². The summed E-state index contributed by atoms with van der Waals surface area (Å²) in [5.74, 6) is 0.993. The number of ether oxygens (including phenoxy) is 3. The Morgan fingerprint density at radius 1 is 1.12 bits per heavy atom. The van der Waals surface area contributed by atoms with Crippen LogP contribution < -0.4 is 14.8 Å². The first-order valence-electron chi connectivity index (χ1n) is 8.69. The molecule has 0 spiro atoms. The Morgan fingerprint density at radius 3 is 2.73 bits per heavy atom. The number of carbonyl (C=O) groups is 1. The van der Waals surface area contributed by atoms with Gasteiger partial charge in [-0.15, -0.1) is 0 Å². The summed E-state index contributed by atoms with van der Waals surface area (Å²) in [6.45, 7) is 2.09. The Morgan fingerprint density at radius 2 is 1.92 bits per heavy atom. The first-order valence-corrected chi connectivity index (χ1v) is 9.48. The Balaban J connectivity index is 1.56. The van der Waals surface area contributed by atoms with Gasteiger partial charge in [-0.05, 0) is 42.7 Å². The fourth-order valence-corrected chi connectivity index (χ4v) is 4.00. The number of hydrogen-bond donors (Lipinski definition) is 1. The van der Waals surface area contributed by atoms with Crippen LogP contribution in [0.25, 0.3) is 0 Å². The Hall–Kier alpha value is -2.05. The molecule has 0 aliphatic carbocycles. The van der Waals surface area contributed by atoms with E-state index in [0.29, 0.717) is 36.8 Å².